The average Bonchev–Trinajstić information content (AvgIpc) is 3.18. The number of aromatic nitrogens is 2. The maximum absolute atomic E-state index is 11.9. The summed E-state index contributed by atoms with van der Waals surface area (Å²) in [6.45, 7) is 0.0915. The number of hydrogen-bond donors (Lipinski definition) is 0. The summed E-state index contributed by atoms with van der Waals surface area (Å²) >= 11 is 0. The van der Waals surface area contributed by atoms with E-state index in [-0.39, 0.29) is 19.0 Å². The average molecular weight is 333 g/mol. The number of nitrogens with zero attached hydrogens (tertiary/aromatic N) is 3. The molecule has 0 amide bonds. The summed E-state index contributed by atoms with van der Waals surface area (Å²) < 4.78 is 35.4. The Hall–Kier alpha value is -2.45. The first-order valence-electron chi connectivity index (χ1n) is 6.88. The van der Waals surface area contributed by atoms with Gasteiger partial charge in [0.15, 0.2) is 0 Å². The summed E-state index contributed by atoms with van der Waals surface area (Å²) in [7, 11) is -3.45. The Bertz CT molecular complexity index is 857. The van der Waals surface area contributed by atoms with Crippen molar-refractivity contribution in [2.24, 2.45) is 0 Å². The molecule has 0 radical (unpaired) electrons. The summed E-state index contributed by atoms with van der Waals surface area (Å²) in [5, 5.41) is 3.89. The first-order valence-corrected chi connectivity index (χ1v) is 8.73. The van der Waals surface area contributed by atoms with E-state index in [1.165, 1.54) is 10.6 Å². The second-order valence-corrected chi connectivity index (χ2v) is 6.97. The normalized spacial score (nSPS) is 11.9. The molecule has 7 nitrogen and oxygen atoms in total. The number of benzene rings is 1. The quantitative estimate of drug-likeness (QED) is 0.687. The summed E-state index contributed by atoms with van der Waals surface area (Å²) in [6, 6.07) is 12.7. The molecule has 0 bridgehead atoms. The van der Waals surface area contributed by atoms with Crippen molar-refractivity contribution in [3.63, 3.8) is 0 Å². The third kappa shape index (κ3) is 3.85. The molecular weight excluding hydrogens is 318 g/mol. The molecule has 3 aromatic rings. The predicted octanol–water partition coefficient (Wildman–Crippen LogP) is 2.29. The van der Waals surface area contributed by atoms with Crippen LogP contribution in [0.15, 0.2) is 57.7 Å². The van der Waals surface area contributed by atoms with Gasteiger partial charge in [0, 0.05) is 5.56 Å². The van der Waals surface area contributed by atoms with Gasteiger partial charge in [-0.1, -0.05) is 35.5 Å². The monoisotopic (exact) mass is 333 g/mol. The summed E-state index contributed by atoms with van der Waals surface area (Å²) in [5.74, 6) is 1.19. The molecule has 2 heterocycles. The molecular formula is C15H15N3O4S. The second kappa shape index (κ2) is 6.35. The molecule has 0 N–H and O–H groups in total. The third-order valence-electron chi connectivity index (χ3n) is 3.19. The molecule has 0 aliphatic carbocycles. The molecule has 2 aromatic heterocycles. The lowest BCUT2D eigenvalue weighted by Gasteiger charge is -2.16. The lowest BCUT2D eigenvalue weighted by molar-refractivity contribution is 0.299. The largest absolute Gasteiger partial charge is 0.468 e. The van der Waals surface area contributed by atoms with Crippen LogP contribution in [0.5, 0.6) is 0 Å². The van der Waals surface area contributed by atoms with Gasteiger partial charge < -0.3 is 8.94 Å². The third-order valence-corrected chi connectivity index (χ3v) is 4.39. The standard InChI is InChI=1S/C15H15N3O4S/c1-23(19,20)18(10-13-8-5-9-21-13)11-14-16-15(17-22-14)12-6-3-2-4-7-12/h2-9H,10-11H2,1H3. The molecule has 0 saturated carbocycles. The van der Waals surface area contributed by atoms with E-state index in [2.05, 4.69) is 10.1 Å². The van der Waals surface area contributed by atoms with Crippen molar-refractivity contribution < 1.29 is 17.4 Å². The number of rotatable bonds is 6. The van der Waals surface area contributed by atoms with Crippen LogP contribution in [-0.4, -0.2) is 29.1 Å². The van der Waals surface area contributed by atoms with Gasteiger partial charge in [0.05, 0.1) is 25.6 Å². The SMILES string of the molecule is CS(=O)(=O)N(Cc1ccco1)Cc1nc(-c2ccccc2)no1. The van der Waals surface area contributed by atoms with Crippen LogP contribution in [0, 0.1) is 0 Å². The molecule has 0 aliphatic heterocycles. The first-order chi connectivity index (χ1) is 11.0. The zero-order valence-electron chi connectivity index (χ0n) is 12.4. The molecule has 0 fully saturated rings. The van der Waals surface area contributed by atoms with E-state index in [1.807, 2.05) is 30.3 Å². The first kappa shape index (κ1) is 15.4. The molecule has 1 aromatic carbocycles. The lowest BCUT2D eigenvalue weighted by atomic mass is 10.2. The highest BCUT2D eigenvalue weighted by atomic mass is 32.2. The van der Waals surface area contributed by atoms with Crippen molar-refractivity contribution >= 4 is 10.0 Å². The Morgan fingerprint density at radius 1 is 1.09 bits per heavy atom. The van der Waals surface area contributed by atoms with Gasteiger partial charge in [-0.2, -0.15) is 9.29 Å². The second-order valence-electron chi connectivity index (χ2n) is 4.99. The van der Waals surface area contributed by atoms with Gasteiger partial charge in [0.1, 0.15) is 5.76 Å². The molecule has 0 saturated heterocycles. The van der Waals surface area contributed by atoms with Crippen molar-refractivity contribution in [3.8, 4) is 11.4 Å². The van der Waals surface area contributed by atoms with Gasteiger partial charge in [-0.25, -0.2) is 8.42 Å². The minimum Gasteiger partial charge on any atom is -0.468 e. The fourth-order valence-electron chi connectivity index (χ4n) is 2.04. The van der Waals surface area contributed by atoms with Crippen LogP contribution in [0.25, 0.3) is 11.4 Å². The predicted molar refractivity (Wildman–Crippen MR) is 82.5 cm³/mol. The lowest BCUT2D eigenvalue weighted by Crippen LogP contribution is -2.29. The zero-order chi connectivity index (χ0) is 16.3. The van der Waals surface area contributed by atoms with E-state index in [1.54, 1.807) is 12.1 Å². The van der Waals surface area contributed by atoms with E-state index in [0.717, 1.165) is 11.8 Å². The Morgan fingerprint density at radius 2 is 1.87 bits per heavy atom. The topological polar surface area (TPSA) is 89.4 Å². The van der Waals surface area contributed by atoms with Crippen LogP contribution in [0.1, 0.15) is 11.7 Å². The number of furan rings is 1. The summed E-state index contributed by atoms with van der Waals surface area (Å²) in [6.07, 6.45) is 2.63. The van der Waals surface area contributed by atoms with E-state index < -0.39 is 10.0 Å². The fourth-order valence-corrected chi connectivity index (χ4v) is 2.75. The Morgan fingerprint density at radius 3 is 2.52 bits per heavy atom. The highest BCUT2D eigenvalue weighted by molar-refractivity contribution is 7.88. The highest BCUT2D eigenvalue weighted by Crippen LogP contribution is 2.17. The molecule has 0 aliphatic rings. The Kier molecular flexibility index (Phi) is 4.26. The minimum absolute atomic E-state index is 0.0145. The van der Waals surface area contributed by atoms with Gasteiger partial charge in [-0.05, 0) is 12.1 Å². The Balaban J connectivity index is 1.79. The number of sulfonamides is 1. The van der Waals surface area contributed by atoms with Crippen LogP contribution in [0.2, 0.25) is 0 Å². The zero-order valence-corrected chi connectivity index (χ0v) is 13.2. The molecule has 0 unspecified atom stereocenters. The van der Waals surface area contributed by atoms with Crippen molar-refractivity contribution in [2.75, 3.05) is 6.26 Å². The molecule has 0 atom stereocenters. The smallest absolute Gasteiger partial charge is 0.242 e. The Labute approximate surface area is 133 Å². The van der Waals surface area contributed by atoms with Gasteiger partial charge in [-0.3, -0.25) is 0 Å². The molecule has 8 heteroatoms. The molecule has 0 spiro atoms. The van der Waals surface area contributed by atoms with Gasteiger partial charge in [0.25, 0.3) is 0 Å². The van der Waals surface area contributed by atoms with Crippen molar-refractivity contribution in [1.29, 1.82) is 0 Å². The van der Waals surface area contributed by atoms with Crippen LogP contribution < -0.4 is 0 Å². The highest BCUT2D eigenvalue weighted by Gasteiger charge is 2.22. The van der Waals surface area contributed by atoms with Crippen LogP contribution in [0.4, 0.5) is 0 Å². The van der Waals surface area contributed by atoms with E-state index >= 15 is 0 Å². The van der Waals surface area contributed by atoms with Crippen LogP contribution in [-0.2, 0) is 23.1 Å². The van der Waals surface area contributed by atoms with Gasteiger partial charge >= 0.3 is 0 Å². The summed E-state index contributed by atoms with van der Waals surface area (Å²) in [4.78, 5) is 4.25. The van der Waals surface area contributed by atoms with E-state index in [4.69, 9.17) is 8.94 Å². The maximum atomic E-state index is 11.9. The maximum Gasteiger partial charge on any atom is 0.242 e. The molecule has 23 heavy (non-hydrogen) atoms. The van der Waals surface area contributed by atoms with Crippen LogP contribution in [0.3, 0.4) is 0 Å². The minimum atomic E-state index is -3.45. The molecule has 120 valence electrons. The molecule has 3 rings (SSSR count). The number of hydrogen-bond acceptors (Lipinski definition) is 6. The van der Waals surface area contributed by atoms with Crippen LogP contribution >= 0.6 is 0 Å². The van der Waals surface area contributed by atoms with E-state index in [9.17, 15) is 8.42 Å². The fraction of sp³-hybridized carbons (Fsp3) is 0.200. The van der Waals surface area contributed by atoms with Crippen molar-refractivity contribution in [2.45, 2.75) is 13.1 Å². The van der Waals surface area contributed by atoms with Crippen molar-refractivity contribution in [1.82, 2.24) is 14.4 Å². The van der Waals surface area contributed by atoms with Gasteiger partial charge in [-0.15, -0.1) is 0 Å². The van der Waals surface area contributed by atoms with Gasteiger partial charge in [0.2, 0.25) is 21.7 Å². The van der Waals surface area contributed by atoms with E-state index in [0.29, 0.717) is 11.6 Å². The summed E-state index contributed by atoms with van der Waals surface area (Å²) in [5.41, 5.74) is 0.805. The van der Waals surface area contributed by atoms with Crippen molar-refractivity contribution in [3.05, 3.63) is 60.4 Å².